The number of para-hydroxylation sites is 2. The first-order chi connectivity index (χ1) is 12.2. The van der Waals surface area contributed by atoms with Crippen molar-refractivity contribution in [3.05, 3.63) is 48.0 Å². The Morgan fingerprint density at radius 3 is 2.48 bits per heavy atom. The number of anilines is 1. The van der Waals surface area contributed by atoms with Crippen molar-refractivity contribution in [1.82, 2.24) is 5.32 Å². The van der Waals surface area contributed by atoms with Crippen molar-refractivity contribution >= 4 is 11.7 Å². The molecule has 0 fully saturated rings. The zero-order chi connectivity index (χ0) is 18.1. The number of ether oxygens (including phenoxy) is 3. The SMILES string of the molecule is CCc1ccccc1NC(=O)NCCOc1cccc(OC)c1OC. The molecule has 25 heavy (non-hydrogen) atoms. The fourth-order valence-electron chi connectivity index (χ4n) is 2.41. The maximum absolute atomic E-state index is 12.0. The molecule has 0 radical (unpaired) electrons. The van der Waals surface area contributed by atoms with Crippen molar-refractivity contribution in [2.75, 3.05) is 32.7 Å². The van der Waals surface area contributed by atoms with Crippen molar-refractivity contribution < 1.29 is 19.0 Å². The summed E-state index contributed by atoms with van der Waals surface area (Å²) >= 11 is 0. The predicted molar refractivity (Wildman–Crippen MR) is 97.9 cm³/mol. The van der Waals surface area contributed by atoms with Crippen molar-refractivity contribution in [2.24, 2.45) is 0 Å². The first-order valence-electron chi connectivity index (χ1n) is 8.16. The fraction of sp³-hybridized carbons (Fsp3) is 0.316. The van der Waals surface area contributed by atoms with Gasteiger partial charge >= 0.3 is 6.03 Å². The van der Waals surface area contributed by atoms with Crippen LogP contribution in [0.1, 0.15) is 12.5 Å². The van der Waals surface area contributed by atoms with Gasteiger partial charge in [-0.15, -0.1) is 0 Å². The third-order valence-corrected chi connectivity index (χ3v) is 3.66. The van der Waals surface area contributed by atoms with Crippen LogP contribution in [0.3, 0.4) is 0 Å². The monoisotopic (exact) mass is 344 g/mol. The molecular formula is C19H24N2O4. The van der Waals surface area contributed by atoms with E-state index in [-0.39, 0.29) is 6.03 Å². The number of rotatable bonds is 8. The van der Waals surface area contributed by atoms with Gasteiger partial charge < -0.3 is 24.8 Å². The highest BCUT2D eigenvalue weighted by Crippen LogP contribution is 2.36. The normalized spacial score (nSPS) is 10.0. The van der Waals surface area contributed by atoms with Crippen LogP contribution in [0.4, 0.5) is 10.5 Å². The molecule has 0 atom stereocenters. The van der Waals surface area contributed by atoms with E-state index in [4.69, 9.17) is 14.2 Å². The Bertz CT molecular complexity index is 704. The van der Waals surface area contributed by atoms with E-state index in [9.17, 15) is 4.79 Å². The van der Waals surface area contributed by atoms with Gasteiger partial charge in [-0.25, -0.2) is 4.79 Å². The van der Waals surface area contributed by atoms with Crippen LogP contribution in [-0.2, 0) is 6.42 Å². The smallest absolute Gasteiger partial charge is 0.319 e. The van der Waals surface area contributed by atoms with E-state index in [0.717, 1.165) is 17.7 Å². The van der Waals surface area contributed by atoms with Gasteiger partial charge in [-0.1, -0.05) is 31.2 Å². The van der Waals surface area contributed by atoms with Crippen LogP contribution in [0.25, 0.3) is 0 Å². The van der Waals surface area contributed by atoms with Gasteiger partial charge in [-0.2, -0.15) is 0 Å². The van der Waals surface area contributed by atoms with Crippen molar-refractivity contribution in [1.29, 1.82) is 0 Å². The molecule has 2 rings (SSSR count). The van der Waals surface area contributed by atoms with Gasteiger partial charge in [0.25, 0.3) is 0 Å². The number of carbonyl (C=O) groups is 1. The molecular weight excluding hydrogens is 320 g/mol. The van der Waals surface area contributed by atoms with E-state index >= 15 is 0 Å². The van der Waals surface area contributed by atoms with Gasteiger partial charge in [0.1, 0.15) is 6.61 Å². The third-order valence-electron chi connectivity index (χ3n) is 3.66. The number of amides is 2. The summed E-state index contributed by atoms with van der Waals surface area (Å²) in [7, 11) is 3.13. The fourth-order valence-corrected chi connectivity index (χ4v) is 2.41. The molecule has 6 nitrogen and oxygen atoms in total. The highest BCUT2D eigenvalue weighted by atomic mass is 16.5. The number of hydrogen-bond acceptors (Lipinski definition) is 4. The minimum Gasteiger partial charge on any atom is -0.493 e. The third kappa shape index (κ3) is 5.04. The lowest BCUT2D eigenvalue weighted by Crippen LogP contribution is -2.32. The zero-order valence-electron chi connectivity index (χ0n) is 14.8. The molecule has 2 N–H and O–H groups in total. The zero-order valence-corrected chi connectivity index (χ0v) is 14.8. The minimum atomic E-state index is -0.262. The molecule has 134 valence electrons. The first-order valence-corrected chi connectivity index (χ1v) is 8.16. The van der Waals surface area contributed by atoms with Gasteiger partial charge in [-0.3, -0.25) is 0 Å². The van der Waals surface area contributed by atoms with E-state index in [2.05, 4.69) is 10.6 Å². The second-order valence-corrected chi connectivity index (χ2v) is 5.23. The van der Waals surface area contributed by atoms with Crippen molar-refractivity contribution in [3.8, 4) is 17.2 Å². The van der Waals surface area contributed by atoms with Gasteiger partial charge in [0.05, 0.1) is 20.8 Å². The average molecular weight is 344 g/mol. The van der Waals surface area contributed by atoms with E-state index in [1.54, 1.807) is 26.4 Å². The largest absolute Gasteiger partial charge is 0.493 e. The Balaban J connectivity index is 1.82. The topological polar surface area (TPSA) is 68.8 Å². The maximum Gasteiger partial charge on any atom is 0.319 e. The summed E-state index contributed by atoms with van der Waals surface area (Å²) in [6, 6.07) is 12.9. The number of methoxy groups -OCH3 is 2. The van der Waals surface area contributed by atoms with E-state index in [0.29, 0.717) is 30.4 Å². The molecule has 2 aromatic rings. The Labute approximate surface area is 148 Å². The van der Waals surface area contributed by atoms with Crippen LogP contribution in [0.2, 0.25) is 0 Å². The van der Waals surface area contributed by atoms with E-state index < -0.39 is 0 Å². The molecule has 2 amide bonds. The lowest BCUT2D eigenvalue weighted by molar-refractivity contribution is 0.245. The highest BCUT2D eigenvalue weighted by Gasteiger charge is 2.10. The Morgan fingerprint density at radius 2 is 1.76 bits per heavy atom. The molecule has 0 aliphatic carbocycles. The molecule has 6 heteroatoms. The van der Waals surface area contributed by atoms with Crippen LogP contribution in [-0.4, -0.2) is 33.4 Å². The number of carbonyl (C=O) groups excluding carboxylic acids is 1. The first kappa shape index (κ1) is 18.4. The molecule has 2 aromatic carbocycles. The predicted octanol–water partition coefficient (Wildman–Crippen LogP) is 3.47. The number of aryl methyl sites for hydroxylation is 1. The van der Waals surface area contributed by atoms with Gasteiger partial charge in [0.2, 0.25) is 5.75 Å². The number of nitrogens with one attached hydrogen (secondary N) is 2. The molecule has 0 saturated carbocycles. The summed E-state index contributed by atoms with van der Waals surface area (Å²) in [5.74, 6) is 1.70. The Morgan fingerprint density at radius 1 is 1.00 bits per heavy atom. The van der Waals surface area contributed by atoms with E-state index in [1.807, 2.05) is 37.3 Å². The number of benzene rings is 2. The second-order valence-electron chi connectivity index (χ2n) is 5.23. The lowest BCUT2D eigenvalue weighted by Gasteiger charge is -2.14. The summed E-state index contributed by atoms with van der Waals surface area (Å²) in [6.45, 7) is 2.72. The summed E-state index contributed by atoms with van der Waals surface area (Å²) in [6.07, 6.45) is 0.856. The standard InChI is InChI=1S/C19H24N2O4/c1-4-14-8-5-6-9-15(14)21-19(22)20-12-13-25-17-11-7-10-16(23-2)18(17)24-3/h5-11H,4,12-13H2,1-3H3,(H2,20,21,22). The van der Waals surface area contributed by atoms with Crippen LogP contribution >= 0.6 is 0 Å². The van der Waals surface area contributed by atoms with Crippen LogP contribution < -0.4 is 24.8 Å². The summed E-state index contributed by atoms with van der Waals surface area (Å²) < 4.78 is 16.2. The van der Waals surface area contributed by atoms with Gasteiger partial charge in [0, 0.05) is 5.69 Å². The number of hydrogen-bond donors (Lipinski definition) is 2. The van der Waals surface area contributed by atoms with Crippen LogP contribution in [0, 0.1) is 0 Å². The summed E-state index contributed by atoms with van der Waals surface area (Å²) in [5.41, 5.74) is 1.91. The number of urea groups is 1. The van der Waals surface area contributed by atoms with E-state index in [1.165, 1.54) is 0 Å². The maximum atomic E-state index is 12.0. The summed E-state index contributed by atoms with van der Waals surface area (Å²) in [5, 5.41) is 5.62. The average Bonchev–Trinajstić information content (AvgIpc) is 2.65. The van der Waals surface area contributed by atoms with Crippen LogP contribution in [0.5, 0.6) is 17.2 Å². The quantitative estimate of drug-likeness (QED) is 0.720. The Hall–Kier alpha value is -2.89. The highest BCUT2D eigenvalue weighted by molar-refractivity contribution is 5.90. The van der Waals surface area contributed by atoms with Crippen molar-refractivity contribution in [2.45, 2.75) is 13.3 Å². The minimum absolute atomic E-state index is 0.262. The molecule has 0 spiro atoms. The molecule has 0 unspecified atom stereocenters. The van der Waals surface area contributed by atoms with Crippen LogP contribution in [0.15, 0.2) is 42.5 Å². The summed E-state index contributed by atoms with van der Waals surface area (Å²) in [4.78, 5) is 12.0. The lowest BCUT2D eigenvalue weighted by atomic mass is 10.1. The molecule has 0 bridgehead atoms. The van der Waals surface area contributed by atoms with Gasteiger partial charge in [0.15, 0.2) is 11.5 Å². The van der Waals surface area contributed by atoms with Gasteiger partial charge in [-0.05, 0) is 30.2 Å². The molecule has 0 heterocycles. The molecule has 0 aromatic heterocycles. The Kier molecular flexibility index (Phi) is 6.95. The van der Waals surface area contributed by atoms with Crippen molar-refractivity contribution in [3.63, 3.8) is 0 Å². The molecule has 0 aliphatic rings. The molecule has 0 aliphatic heterocycles. The second kappa shape index (κ2) is 9.42. The molecule has 0 saturated heterocycles.